The van der Waals surface area contributed by atoms with Crippen molar-refractivity contribution >= 4 is 0 Å². The van der Waals surface area contributed by atoms with Crippen LogP contribution in [0.3, 0.4) is 0 Å². The van der Waals surface area contributed by atoms with Gasteiger partial charge in [-0.15, -0.1) is 0 Å². The molecule has 1 unspecified atom stereocenters. The summed E-state index contributed by atoms with van der Waals surface area (Å²) in [5, 5.41) is 3.31. The van der Waals surface area contributed by atoms with Crippen molar-refractivity contribution in [3.05, 3.63) is 0 Å². The van der Waals surface area contributed by atoms with Crippen LogP contribution in [0.4, 0.5) is 0 Å². The van der Waals surface area contributed by atoms with Gasteiger partial charge in [0.15, 0.2) is 0 Å². The van der Waals surface area contributed by atoms with Gasteiger partial charge in [0.05, 0.1) is 0 Å². The van der Waals surface area contributed by atoms with E-state index in [-0.39, 0.29) is 0 Å². The van der Waals surface area contributed by atoms with Gasteiger partial charge in [-0.05, 0) is 62.9 Å². The molecule has 0 radical (unpaired) electrons. The Morgan fingerprint density at radius 3 is 2.67 bits per heavy atom. The third-order valence-corrected chi connectivity index (χ3v) is 3.86. The third kappa shape index (κ3) is 1.39. The molecular formula is C11H21N. The fourth-order valence-corrected chi connectivity index (χ4v) is 3.58. The largest absolute Gasteiger partial charge is 0.319 e. The van der Waals surface area contributed by atoms with Crippen LogP contribution in [0.2, 0.25) is 0 Å². The minimum absolute atomic E-state index is 0.820. The number of hydrogen-bond acceptors (Lipinski definition) is 1. The lowest BCUT2D eigenvalue weighted by Gasteiger charge is -2.44. The second-order valence-corrected chi connectivity index (χ2v) is 5.18. The summed E-state index contributed by atoms with van der Waals surface area (Å²) < 4.78 is 0. The molecule has 1 heteroatoms. The van der Waals surface area contributed by atoms with Crippen LogP contribution in [-0.4, -0.2) is 13.6 Å². The lowest BCUT2D eigenvalue weighted by molar-refractivity contribution is 0.0695. The highest BCUT2D eigenvalue weighted by molar-refractivity contribution is 4.97. The molecule has 0 aliphatic heterocycles. The predicted octanol–water partition coefficient (Wildman–Crippen LogP) is 2.42. The SMILES string of the molecule is CNCC1CCC2(CC(C)C2)C1. The minimum atomic E-state index is 0.820. The van der Waals surface area contributed by atoms with Crippen LogP contribution >= 0.6 is 0 Å². The highest BCUT2D eigenvalue weighted by atomic mass is 14.8. The average molecular weight is 167 g/mol. The molecule has 12 heavy (non-hydrogen) atoms. The van der Waals surface area contributed by atoms with Crippen molar-refractivity contribution < 1.29 is 0 Å². The van der Waals surface area contributed by atoms with Crippen molar-refractivity contribution in [3.63, 3.8) is 0 Å². The number of hydrogen-bond donors (Lipinski definition) is 1. The van der Waals surface area contributed by atoms with Crippen molar-refractivity contribution in [1.29, 1.82) is 0 Å². The minimum Gasteiger partial charge on any atom is -0.319 e. The molecule has 1 spiro atoms. The number of rotatable bonds is 2. The van der Waals surface area contributed by atoms with Crippen LogP contribution in [0, 0.1) is 17.3 Å². The van der Waals surface area contributed by atoms with E-state index in [0.29, 0.717) is 0 Å². The zero-order valence-electron chi connectivity index (χ0n) is 8.40. The first kappa shape index (κ1) is 8.55. The molecule has 2 rings (SSSR count). The summed E-state index contributed by atoms with van der Waals surface area (Å²) in [6, 6.07) is 0. The van der Waals surface area contributed by atoms with Crippen molar-refractivity contribution in [2.24, 2.45) is 17.3 Å². The lowest BCUT2D eigenvalue weighted by Crippen LogP contribution is -2.33. The van der Waals surface area contributed by atoms with Gasteiger partial charge in [-0.2, -0.15) is 0 Å². The van der Waals surface area contributed by atoms with Gasteiger partial charge in [-0.25, -0.2) is 0 Å². The molecular weight excluding hydrogens is 146 g/mol. The van der Waals surface area contributed by atoms with Gasteiger partial charge in [-0.1, -0.05) is 6.92 Å². The number of nitrogens with one attached hydrogen (secondary N) is 1. The van der Waals surface area contributed by atoms with E-state index in [0.717, 1.165) is 17.3 Å². The van der Waals surface area contributed by atoms with Crippen molar-refractivity contribution in [2.75, 3.05) is 13.6 Å². The normalized spacial score (nSPS) is 46.5. The first-order chi connectivity index (χ1) is 5.74. The maximum atomic E-state index is 3.31. The van der Waals surface area contributed by atoms with E-state index >= 15 is 0 Å². The summed E-state index contributed by atoms with van der Waals surface area (Å²) in [6.45, 7) is 3.65. The summed E-state index contributed by atoms with van der Waals surface area (Å²) in [6.07, 6.45) is 7.55. The van der Waals surface area contributed by atoms with Crippen LogP contribution in [0.25, 0.3) is 0 Å². The summed E-state index contributed by atoms with van der Waals surface area (Å²) in [5.41, 5.74) is 0.820. The van der Waals surface area contributed by atoms with Crippen LogP contribution in [0.1, 0.15) is 39.0 Å². The highest BCUT2D eigenvalue weighted by Crippen LogP contribution is 2.57. The molecule has 0 bridgehead atoms. The monoisotopic (exact) mass is 167 g/mol. The molecule has 0 saturated heterocycles. The summed E-state index contributed by atoms with van der Waals surface area (Å²) in [7, 11) is 2.08. The van der Waals surface area contributed by atoms with E-state index in [1.54, 1.807) is 0 Å². The molecule has 2 saturated carbocycles. The highest BCUT2D eigenvalue weighted by Gasteiger charge is 2.46. The average Bonchev–Trinajstić information content (AvgIpc) is 2.33. The van der Waals surface area contributed by atoms with E-state index < -0.39 is 0 Å². The Hall–Kier alpha value is -0.0400. The Kier molecular flexibility index (Phi) is 2.16. The zero-order valence-corrected chi connectivity index (χ0v) is 8.40. The Bertz CT molecular complexity index is 158. The molecule has 0 aromatic rings. The summed E-state index contributed by atoms with van der Waals surface area (Å²) in [5.74, 6) is 2.01. The van der Waals surface area contributed by atoms with E-state index in [1.165, 1.54) is 38.6 Å². The third-order valence-electron chi connectivity index (χ3n) is 3.86. The Balaban J connectivity index is 1.82. The van der Waals surface area contributed by atoms with Crippen LogP contribution in [-0.2, 0) is 0 Å². The van der Waals surface area contributed by atoms with Gasteiger partial charge in [0.2, 0.25) is 0 Å². The molecule has 2 aliphatic rings. The molecule has 1 N–H and O–H groups in total. The van der Waals surface area contributed by atoms with Crippen LogP contribution in [0.5, 0.6) is 0 Å². The van der Waals surface area contributed by atoms with Gasteiger partial charge < -0.3 is 5.32 Å². The molecule has 2 fully saturated rings. The van der Waals surface area contributed by atoms with Crippen molar-refractivity contribution in [1.82, 2.24) is 5.32 Å². The van der Waals surface area contributed by atoms with Gasteiger partial charge in [0.1, 0.15) is 0 Å². The second-order valence-electron chi connectivity index (χ2n) is 5.18. The van der Waals surface area contributed by atoms with Gasteiger partial charge in [0.25, 0.3) is 0 Å². The van der Waals surface area contributed by atoms with Gasteiger partial charge >= 0.3 is 0 Å². The molecule has 2 aliphatic carbocycles. The maximum absolute atomic E-state index is 3.31. The second kappa shape index (κ2) is 3.02. The van der Waals surface area contributed by atoms with Crippen LogP contribution < -0.4 is 5.32 Å². The fraction of sp³-hybridized carbons (Fsp3) is 1.00. The first-order valence-electron chi connectivity index (χ1n) is 5.39. The first-order valence-corrected chi connectivity index (χ1v) is 5.39. The molecule has 1 nitrogen and oxygen atoms in total. The van der Waals surface area contributed by atoms with Crippen molar-refractivity contribution in [3.8, 4) is 0 Å². The molecule has 0 heterocycles. The van der Waals surface area contributed by atoms with Gasteiger partial charge in [0, 0.05) is 0 Å². The maximum Gasteiger partial charge on any atom is -0.00233 e. The van der Waals surface area contributed by atoms with E-state index in [2.05, 4.69) is 19.3 Å². The standard InChI is InChI=1S/C11H21N/c1-9-5-11(6-9)4-3-10(7-11)8-12-2/h9-10,12H,3-8H2,1-2H3. The van der Waals surface area contributed by atoms with Gasteiger partial charge in [-0.3, -0.25) is 0 Å². The van der Waals surface area contributed by atoms with E-state index in [1.807, 2.05) is 0 Å². The Morgan fingerprint density at radius 1 is 1.33 bits per heavy atom. The lowest BCUT2D eigenvalue weighted by atomic mass is 9.61. The zero-order chi connectivity index (χ0) is 8.60. The Morgan fingerprint density at radius 2 is 2.08 bits per heavy atom. The summed E-state index contributed by atoms with van der Waals surface area (Å²) >= 11 is 0. The van der Waals surface area contributed by atoms with Crippen LogP contribution in [0.15, 0.2) is 0 Å². The smallest absolute Gasteiger partial charge is 0.00233 e. The van der Waals surface area contributed by atoms with E-state index in [9.17, 15) is 0 Å². The predicted molar refractivity (Wildman–Crippen MR) is 52.1 cm³/mol. The molecule has 1 atom stereocenters. The van der Waals surface area contributed by atoms with Crippen molar-refractivity contribution in [2.45, 2.75) is 39.0 Å². The molecule has 70 valence electrons. The quantitative estimate of drug-likeness (QED) is 0.666. The van der Waals surface area contributed by atoms with E-state index in [4.69, 9.17) is 0 Å². The fourth-order valence-electron chi connectivity index (χ4n) is 3.58. The Labute approximate surface area is 75.9 Å². The molecule has 0 aromatic carbocycles. The topological polar surface area (TPSA) is 12.0 Å². The molecule has 0 aromatic heterocycles. The summed E-state index contributed by atoms with van der Waals surface area (Å²) in [4.78, 5) is 0. The molecule has 0 amide bonds.